The van der Waals surface area contributed by atoms with E-state index in [9.17, 15) is 8.42 Å². The number of halogens is 1. The van der Waals surface area contributed by atoms with Gasteiger partial charge in [0.2, 0.25) is 10.0 Å². The van der Waals surface area contributed by atoms with Crippen molar-refractivity contribution in [3.05, 3.63) is 47.0 Å². The number of nitrogens with one attached hydrogen (secondary N) is 1. The zero-order chi connectivity index (χ0) is 14.6. The maximum Gasteiger partial charge on any atom is 0.241 e. The lowest BCUT2D eigenvalue weighted by molar-refractivity contribution is 0.569. The van der Waals surface area contributed by atoms with Crippen LogP contribution in [0.1, 0.15) is 12.0 Å². The summed E-state index contributed by atoms with van der Waals surface area (Å²) >= 11 is 3.29. The van der Waals surface area contributed by atoms with Gasteiger partial charge < -0.3 is 4.57 Å². The minimum atomic E-state index is -3.47. The van der Waals surface area contributed by atoms with Crippen LogP contribution in [0.5, 0.6) is 0 Å². The van der Waals surface area contributed by atoms with E-state index in [1.165, 1.54) is 0 Å². The molecule has 0 bridgehead atoms. The normalized spacial score (nSPS) is 11.7. The summed E-state index contributed by atoms with van der Waals surface area (Å²) in [5.41, 5.74) is 1.01. The first kappa shape index (κ1) is 15.2. The van der Waals surface area contributed by atoms with Crippen molar-refractivity contribution in [3.63, 3.8) is 0 Å². The smallest absolute Gasteiger partial charge is 0.241 e. The lowest BCUT2D eigenvalue weighted by atomic mass is 10.2. The summed E-state index contributed by atoms with van der Waals surface area (Å²) in [6.07, 6.45) is 5.97. The van der Waals surface area contributed by atoms with Crippen LogP contribution in [0, 0.1) is 6.92 Å². The Morgan fingerprint density at radius 2 is 2.20 bits per heavy atom. The Labute approximate surface area is 127 Å². The van der Waals surface area contributed by atoms with Crippen LogP contribution in [-0.2, 0) is 16.6 Å². The van der Waals surface area contributed by atoms with E-state index in [1.54, 1.807) is 30.7 Å². The number of hydrogen-bond acceptors (Lipinski definition) is 3. The highest BCUT2D eigenvalue weighted by molar-refractivity contribution is 9.10. The molecule has 0 amide bonds. The highest BCUT2D eigenvalue weighted by atomic mass is 79.9. The third-order valence-corrected chi connectivity index (χ3v) is 5.26. The van der Waals surface area contributed by atoms with Crippen LogP contribution in [0.25, 0.3) is 0 Å². The van der Waals surface area contributed by atoms with Crippen LogP contribution >= 0.6 is 15.9 Å². The number of imidazole rings is 1. The molecule has 1 heterocycles. The zero-order valence-electron chi connectivity index (χ0n) is 11.1. The van der Waals surface area contributed by atoms with Gasteiger partial charge >= 0.3 is 0 Å². The second kappa shape index (κ2) is 6.51. The topological polar surface area (TPSA) is 64.0 Å². The maximum absolute atomic E-state index is 12.2. The minimum Gasteiger partial charge on any atom is -0.337 e. The molecule has 0 saturated heterocycles. The minimum absolute atomic E-state index is 0.269. The van der Waals surface area contributed by atoms with Crippen LogP contribution in [0.4, 0.5) is 0 Å². The van der Waals surface area contributed by atoms with E-state index >= 15 is 0 Å². The van der Waals surface area contributed by atoms with Crippen molar-refractivity contribution in [2.75, 3.05) is 6.54 Å². The van der Waals surface area contributed by atoms with E-state index in [1.807, 2.05) is 17.7 Å². The van der Waals surface area contributed by atoms with Crippen LogP contribution in [0.3, 0.4) is 0 Å². The van der Waals surface area contributed by atoms with Crippen molar-refractivity contribution >= 4 is 26.0 Å². The Hall–Kier alpha value is -1.18. The van der Waals surface area contributed by atoms with E-state index in [-0.39, 0.29) is 4.90 Å². The molecule has 0 spiro atoms. The van der Waals surface area contributed by atoms with Crippen molar-refractivity contribution in [2.24, 2.45) is 0 Å². The van der Waals surface area contributed by atoms with Crippen LogP contribution < -0.4 is 4.72 Å². The predicted octanol–water partition coefficient (Wildman–Crippen LogP) is 2.32. The molecule has 108 valence electrons. The summed E-state index contributed by atoms with van der Waals surface area (Å²) in [7, 11) is -3.47. The fourth-order valence-corrected chi connectivity index (χ4v) is 4.05. The highest BCUT2D eigenvalue weighted by Crippen LogP contribution is 2.22. The Balaban J connectivity index is 1.93. The van der Waals surface area contributed by atoms with E-state index in [0.29, 0.717) is 17.4 Å². The van der Waals surface area contributed by atoms with Crippen molar-refractivity contribution in [3.8, 4) is 0 Å². The highest BCUT2D eigenvalue weighted by Gasteiger charge is 2.16. The van der Waals surface area contributed by atoms with Gasteiger partial charge in [0.15, 0.2) is 0 Å². The molecule has 0 atom stereocenters. The number of sulfonamides is 1. The first-order chi connectivity index (χ1) is 9.49. The number of benzene rings is 1. The van der Waals surface area contributed by atoms with E-state index in [4.69, 9.17) is 0 Å². The zero-order valence-corrected chi connectivity index (χ0v) is 13.5. The largest absolute Gasteiger partial charge is 0.337 e. The molecule has 0 fully saturated rings. The number of hydrogen-bond donors (Lipinski definition) is 1. The summed E-state index contributed by atoms with van der Waals surface area (Å²) in [6, 6.07) is 5.18. The molecule has 7 heteroatoms. The molecule has 0 radical (unpaired) electrons. The Morgan fingerprint density at radius 3 is 2.85 bits per heavy atom. The molecule has 1 aromatic carbocycles. The van der Waals surface area contributed by atoms with Crippen molar-refractivity contribution in [1.29, 1.82) is 0 Å². The second-order valence-electron chi connectivity index (χ2n) is 4.49. The van der Waals surface area contributed by atoms with Gasteiger partial charge in [0.05, 0.1) is 11.2 Å². The molecule has 0 aliphatic heterocycles. The van der Waals surface area contributed by atoms with Crippen LogP contribution in [0.15, 0.2) is 46.3 Å². The van der Waals surface area contributed by atoms with E-state index in [2.05, 4.69) is 25.6 Å². The van der Waals surface area contributed by atoms with Crippen LogP contribution in [0.2, 0.25) is 0 Å². The maximum atomic E-state index is 12.2. The number of aromatic nitrogens is 2. The number of rotatable bonds is 6. The fraction of sp³-hybridized carbons (Fsp3) is 0.308. The molecular formula is C13H16BrN3O2S. The Bertz CT molecular complexity index is 669. The molecule has 0 aliphatic rings. The first-order valence-electron chi connectivity index (χ1n) is 6.20. The quantitative estimate of drug-likeness (QED) is 0.806. The summed E-state index contributed by atoms with van der Waals surface area (Å²) < 4.78 is 29.4. The predicted molar refractivity (Wildman–Crippen MR) is 80.9 cm³/mol. The van der Waals surface area contributed by atoms with Gasteiger partial charge in [0.25, 0.3) is 0 Å². The lowest BCUT2D eigenvalue weighted by Gasteiger charge is -2.09. The average Bonchev–Trinajstić information content (AvgIpc) is 2.87. The van der Waals surface area contributed by atoms with Crippen LogP contribution in [-0.4, -0.2) is 24.5 Å². The summed E-state index contributed by atoms with van der Waals surface area (Å²) in [5.74, 6) is 0. The molecule has 1 aromatic heterocycles. The summed E-state index contributed by atoms with van der Waals surface area (Å²) in [4.78, 5) is 4.20. The fourth-order valence-electron chi connectivity index (χ4n) is 1.79. The molecule has 0 unspecified atom stereocenters. The molecule has 20 heavy (non-hydrogen) atoms. The van der Waals surface area contributed by atoms with Gasteiger partial charge in [-0.05, 0) is 47.0 Å². The Morgan fingerprint density at radius 1 is 1.40 bits per heavy atom. The number of nitrogens with zero attached hydrogens (tertiary/aromatic N) is 2. The third kappa shape index (κ3) is 3.91. The standard InChI is InChI=1S/C13H16BrN3O2S/c1-11-3-4-13(12(14)9-11)20(18,19)16-5-2-7-17-8-6-15-10-17/h3-4,6,8-10,16H,2,5,7H2,1H3. The van der Waals surface area contributed by atoms with E-state index < -0.39 is 10.0 Å². The SMILES string of the molecule is Cc1ccc(S(=O)(=O)NCCCn2ccnc2)c(Br)c1. The molecule has 0 saturated carbocycles. The van der Waals surface area contributed by atoms with Gasteiger partial charge in [-0.1, -0.05) is 6.07 Å². The van der Waals surface area contributed by atoms with Gasteiger partial charge in [-0.25, -0.2) is 18.1 Å². The molecule has 0 aliphatic carbocycles. The van der Waals surface area contributed by atoms with Crippen molar-refractivity contribution in [2.45, 2.75) is 24.8 Å². The van der Waals surface area contributed by atoms with Gasteiger partial charge in [-0.2, -0.15) is 0 Å². The molecule has 1 N–H and O–H groups in total. The molecular weight excluding hydrogens is 342 g/mol. The van der Waals surface area contributed by atoms with Gasteiger partial charge in [0, 0.05) is 30.0 Å². The lowest BCUT2D eigenvalue weighted by Crippen LogP contribution is -2.25. The van der Waals surface area contributed by atoms with E-state index in [0.717, 1.165) is 12.1 Å². The van der Waals surface area contributed by atoms with Crippen molar-refractivity contribution < 1.29 is 8.42 Å². The summed E-state index contributed by atoms with van der Waals surface area (Å²) in [5, 5.41) is 0. The molecule has 5 nitrogen and oxygen atoms in total. The van der Waals surface area contributed by atoms with Crippen molar-refractivity contribution in [1.82, 2.24) is 14.3 Å². The van der Waals surface area contributed by atoms with Gasteiger partial charge in [-0.15, -0.1) is 0 Å². The summed E-state index contributed by atoms with van der Waals surface area (Å²) in [6.45, 7) is 3.04. The Kier molecular flexibility index (Phi) is 4.95. The monoisotopic (exact) mass is 357 g/mol. The third-order valence-electron chi connectivity index (χ3n) is 2.82. The molecule has 2 rings (SSSR count). The van der Waals surface area contributed by atoms with Gasteiger partial charge in [0.1, 0.15) is 0 Å². The first-order valence-corrected chi connectivity index (χ1v) is 8.48. The molecule has 2 aromatic rings. The average molecular weight is 358 g/mol. The number of aryl methyl sites for hydroxylation is 2. The van der Waals surface area contributed by atoms with Gasteiger partial charge in [-0.3, -0.25) is 0 Å². The second-order valence-corrected chi connectivity index (χ2v) is 7.08.